The summed E-state index contributed by atoms with van der Waals surface area (Å²) in [6, 6.07) is 20.1. The molecule has 0 radical (unpaired) electrons. The van der Waals surface area contributed by atoms with Gasteiger partial charge in [-0.3, -0.25) is 9.10 Å². The second kappa shape index (κ2) is 10.0. The molecule has 3 aromatic rings. The van der Waals surface area contributed by atoms with E-state index in [0.29, 0.717) is 5.69 Å². The number of amides is 1. The maximum atomic E-state index is 13.6. The molecule has 1 aliphatic rings. The summed E-state index contributed by atoms with van der Waals surface area (Å²) in [6.45, 7) is 5.45. The van der Waals surface area contributed by atoms with Crippen LogP contribution < -0.4 is 9.62 Å². The molecule has 6 heteroatoms. The van der Waals surface area contributed by atoms with Crippen LogP contribution in [-0.4, -0.2) is 20.9 Å². The molecule has 34 heavy (non-hydrogen) atoms. The van der Waals surface area contributed by atoms with Gasteiger partial charge in [-0.2, -0.15) is 0 Å². The summed E-state index contributed by atoms with van der Waals surface area (Å²) < 4.78 is 28.3. The summed E-state index contributed by atoms with van der Waals surface area (Å²) in [7, 11) is -3.92. The predicted octanol–water partition coefficient (Wildman–Crippen LogP) is 5.25. The number of hydrogen-bond donors (Lipinski definition) is 1. The molecule has 0 bridgehead atoms. The standard InChI is InChI=1S/C28H32N2O3S/c1-20-11-15-27(16-12-20)34(32,33)30(26-10-6-7-21(2)17-26)19-28(31)29-22(3)24-14-13-23-8-4-5-9-25(23)18-24/h6-7,10-18,22H,4-5,8-9,19H2,1-3H3,(H,29,31). The molecule has 3 aromatic carbocycles. The number of carbonyl (C=O) groups is 1. The summed E-state index contributed by atoms with van der Waals surface area (Å²) in [5, 5.41) is 3.01. The molecule has 0 aromatic heterocycles. The second-order valence-electron chi connectivity index (χ2n) is 9.19. The van der Waals surface area contributed by atoms with Gasteiger partial charge in [0.1, 0.15) is 6.54 Å². The Hall–Kier alpha value is -3.12. The monoisotopic (exact) mass is 476 g/mol. The molecule has 1 amide bonds. The van der Waals surface area contributed by atoms with Crippen LogP contribution in [0.4, 0.5) is 5.69 Å². The fourth-order valence-electron chi connectivity index (χ4n) is 4.46. The number of nitrogens with one attached hydrogen (secondary N) is 1. The van der Waals surface area contributed by atoms with Crippen molar-refractivity contribution in [3.05, 3.63) is 94.5 Å². The molecule has 0 heterocycles. The van der Waals surface area contributed by atoms with Crippen LogP contribution in [0.1, 0.15) is 53.6 Å². The van der Waals surface area contributed by atoms with Gasteiger partial charge in [-0.1, -0.05) is 48.0 Å². The van der Waals surface area contributed by atoms with Gasteiger partial charge >= 0.3 is 0 Å². The minimum atomic E-state index is -3.92. The van der Waals surface area contributed by atoms with E-state index in [1.165, 1.54) is 28.3 Å². The van der Waals surface area contributed by atoms with Crippen LogP contribution in [0.15, 0.2) is 71.6 Å². The van der Waals surface area contributed by atoms with Crippen LogP contribution in [0.3, 0.4) is 0 Å². The van der Waals surface area contributed by atoms with E-state index >= 15 is 0 Å². The highest BCUT2D eigenvalue weighted by Gasteiger charge is 2.28. The highest BCUT2D eigenvalue weighted by molar-refractivity contribution is 7.92. The van der Waals surface area contributed by atoms with Crippen LogP contribution in [0.25, 0.3) is 0 Å². The van der Waals surface area contributed by atoms with Crippen LogP contribution >= 0.6 is 0 Å². The quantitative estimate of drug-likeness (QED) is 0.506. The van der Waals surface area contributed by atoms with Gasteiger partial charge in [0, 0.05) is 0 Å². The minimum Gasteiger partial charge on any atom is -0.348 e. The van der Waals surface area contributed by atoms with Crippen molar-refractivity contribution >= 4 is 21.6 Å². The summed E-state index contributed by atoms with van der Waals surface area (Å²) in [4.78, 5) is 13.3. The van der Waals surface area contributed by atoms with Gasteiger partial charge in [0.25, 0.3) is 10.0 Å². The minimum absolute atomic E-state index is 0.162. The van der Waals surface area contributed by atoms with Crippen molar-refractivity contribution in [3.8, 4) is 0 Å². The second-order valence-corrected chi connectivity index (χ2v) is 11.1. The Balaban J connectivity index is 1.57. The summed E-state index contributed by atoms with van der Waals surface area (Å²) in [5.41, 5.74) is 6.15. The SMILES string of the molecule is Cc1ccc(S(=O)(=O)N(CC(=O)NC(C)c2ccc3c(c2)CCCC3)c2cccc(C)c2)cc1. The Bertz CT molecular complexity index is 1280. The fourth-order valence-corrected chi connectivity index (χ4v) is 5.87. The van der Waals surface area contributed by atoms with E-state index in [4.69, 9.17) is 0 Å². The Morgan fingerprint density at radius 3 is 2.32 bits per heavy atom. The van der Waals surface area contributed by atoms with Gasteiger partial charge < -0.3 is 5.32 Å². The fraction of sp³-hybridized carbons (Fsp3) is 0.321. The molecule has 1 aliphatic carbocycles. The maximum absolute atomic E-state index is 13.6. The first kappa shape index (κ1) is 24.0. The van der Waals surface area contributed by atoms with Crippen molar-refractivity contribution in [1.82, 2.24) is 5.32 Å². The number of nitrogens with zero attached hydrogens (tertiary/aromatic N) is 1. The number of sulfonamides is 1. The van der Waals surface area contributed by atoms with Crippen molar-refractivity contribution in [2.75, 3.05) is 10.8 Å². The zero-order valence-electron chi connectivity index (χ0n) is 20.0. The predicted molar refractivity (Wildman–Crippen MR) is 137 cm³/mol. The lowest BCUT2D eigenvalue weighted by molar-refractivity contribution is -0.120. The average molecular weight is 477 g/mol. The topological polar surface area (TPSA) is 66.5 Å². The largest absolute Gasteiger partial charge is 0.348 e. The first-order chi connectivity index (χ1) is 16.2. The number of fused-ring (bicyclic) bond motifs is 1. The van der Waals surface area contributed by atoms with Gasteiger partial charge in [-0.05, 0) is 93.0 Å². The Morgan fingerprint density at radius 2 is 1.62 bits per heavy atom. The molecule has 0 fully saturated rings. The Labute approximate surface area is 202 Å². The highest BCUT2D eigenvalue weighted by atomic mass is 32.2. The van der Waals surface area contributed by atoms with Crippen molar-refractivity contribution < 1.29 is 13.2 Å². The van der Waals surface area contributed by atoms with Gasteiger partial charge in [0.15, 0.2) is 0 Å². The summed E-state index contributed by atoms with van der Waals surface area (Å²) >= 11 is 0. The Kier molecular flexibility index (Phi) is 7.08. The van der Waals surface area contributed by atoms with Crippen molar-refractivity contribution in [1.29, 1.82) is 0 Å². The van der Waals surface area contributed by atoms with Crippen molar-refractivity contribution in [3.63, 3.8) is 0 Å². The van der Waals surface area contributed by atoms with E-state index in [1.807, 2.05) is 26.8 Å². The van der Waals surface area contributed by atoms with E-state index in [1.54, 1.807) is 42.5 Å². The molecule has 1 atom stereocenters. The lowest BCUT2D eigenvalue weighted by Crippen LogP contribution is -2.41. The van der Waals surface area contributed by atoms with Gasteiger partial charge in [-0.15, -0.1) is 0 Å². The van der Waals surface area contributed by atoms with Crippen LogP contribution in [0.2, 0.25) is 0 Å². The first-order valence-corrected chi connectivity index (χ1v) is 13.3. The van der Waals surface area contributed by atoms with Crippen molar-refractivity contribution in [2.24, 2.45) is 0 Å². The average Bonchev–Trinajstić information content (AvgIpc) is 2.82. The van der Waals surface area contributed by atoms with Crippen molar-refractivity contribution in [2.45, 2.75) is 57.4 Å². The first-order valence-electron chi connectivity index (χ1n) is 11.8. The highest BCUT2D eigenvalue weighted by Crippen LogP contribution is 2.26. The molecular formula is C28H32N2O3S. The lowest BCUT2D eigenvalue weighted by Gasteiger charge is -2.26. The molecule has 5 nitrogen and oxygen atoms in total. The third kappa shape index (κ3) is 5.33. The lowest BCUT2D eigenvalue weighted by atomic mass is 9.89. The van der Waals surface area contributed by atoms with E-state index in [-0.39, 0.29) is 23.4 Å². The van der Waals surface area contributed by atoms with Gasteiger partial charge in [-0.25, -0.2) is 8.42 Å². The van der Waals surface area contributed by atoms with Gasteiger partial charge in [0.2, 0.25) is 5.91 Å². The van der Waals surface area contributed by atoms with E-state index in [2.05, 4.69) is 23.5 Å². The van der Waals surface area contributed by atoms with Crippen LogP contribution in [0.5, 0.6) is 0 Å². The van der Waals surface area contributed by atoms with E-state index < -0.39 is 10.0 Å². The van der Waals surface area contributed by atoms with E-state index in [0.717, 1.165) is 29.5 Å². The zero-order valence-corrected chi connectivity index (χ0v) is 20.9. The third-order valence-corrected chi connectivity index (χ3v) is 8.22. The molecule has 0 saturated heterocycles. The van der Waals surface area contributed by atoms with Crippen LogP contribution in [0, 0.1) is 13.8 Å². The summed E-state index contributed by atoms with van der Waals surface area (Å²) in [6.07, 6.45) is 4.60. The molecule has 4 rings (SSSR count). The molecule has 178 valence electrons. The number of aryl methyl sites for hydroxylation is 4. The number of benzene rings is 3. The van der Waals surface area contributed by atoms with Gasteiger partial charge in [0.05, 0.1) is 16.6 Å². The van der Waals surface area contributed by atoms with E-state index in [9.17, 15) is 13.2 Å². The molecule has 0 aliphatic heterocycles. The number of carbonyl (C=O) groups excluding carboxylic acids is 1. The molecule has 0 saturated carbocycles. The number of anilines is 1. The molecule has 1 N–H and O–H groups in total. The molecular weight excluding hydrogens is 444 g/mol. The molecule has 0 spiro atoms. The zero-order chi connectivity index (χ0) is 24.3. The summed E-state index contributed by atoms with van der Waals surface area (Å²) in [5.74, 6) is -0.345. The van der Waals surface area contributed by atoms with Crippen LogP contribution in [-0.2, 0) is 27.7 Å². The third-order valence-electron chi connectivity index (χ3n) is 6.44. The number of rotatable bonds is 7. The molecule has 1 unspecified atom stereocenters. The normalized spacial score (nSPS) is 14.2. The Morgan fingerprint density at radius 1 is 0.912 bits per heavy atom. The maximum Gasteiger partial charge on any atom is 0.264 e. The smallest absolute Gasteiger partial charge is 0.264 e. The number of hydrogen-bond acceptors (Lipinski definition) is 3.